The zero-order chi connectivity index (χ0) is 12.3. The van der Waals surface area contributed by atoms with E-state index >= 15 is 0 Å². The monoisotopic (exact) mass is 232 g/mol. The smallest absolute Gasteiger partial charge is 0.311 e. The van der Waals surface area contributed by atoms with E-state index in [-0.39, 0.29) is 5.92 Å². The first-order valence-electron chi connectivity index (χ1n) is 6.54. The Balaban J connectivity index is 2.22. The average molecular weight is 232 g/mol. The first kappa shape index (κ1) is 12.2. The van der Waals surface area contributed by atoms with E-state index in [4.69, 9.17) is 0 Å². The molecule has 0 radical (unpaired) electrons. The molecule has 1 atom stereocenters. The Morgan fingerprint density at radius 1 is 1.29 bits per heavy atom. The maximum absolute atomic E-state index is 11.4. The maximum atomic E-state index is 11.4. The molecule has 0 aromatic heterocycles. The maximum Gasteiger partial charge on any atom is 0.311 e. The summed E-state index contributed by atoms with van der Waals surface area (Å²) in [6.07, 6.45) is 5.49. The number of carbonyl (C=O) groups is 1. The van der Waals surface area contributed by atoms with Crippen LogP contribution in [0.15, 0.2) is 24.3 Å². The van der Waals surface area contributed by atoms with Crippen molar-refractivity contribution in [2.45, 2.75) is 44.9 Å². The van der Waals surface area contributed by atoms with E-state index in [0.717, 1.165) is 24.8 Å². The Hall–Kier alpha value is -1.31. The highest BCUT2D eigenvalue weighted by molar-refractivity contribution is 5.76. The number of rotatable bonds is 4. The van der Waals surface area contributed by atoms with Crippen LogP contribution in [0.1, 0.15) is 49.7 Å². The van der Waals surface area contributed by atoms with Gasteiger partial charge >= 0.3 is 5.97 Å². The summed E-state index contributed by atoms with van der Waals surface area (Å²) in [4.78, 5) is 11.4. The molecule has 1 aliphatic carbocycles. The van der Waals surface area contributed by atoms with E-state index in [9.17, 15) is 9.90 Å². The van der Waals surface area contributed by atoms with Crippen LogP contribution in [-0.2, 0) is 11.2 Å². The third-order valence-electron chi connectivity index (χ3n) is 3.88. The molecule has 1 saturated carbocycles. The molecule has 2 rings (SSSR count). The van der Waals surface area contributed by atoms with Crippen LogP contribution < -0.4 is 0 Å². The molecule has 0 unspecified atom stereocenters. The van der Waals surface area contributed by atoms with Crippen LogP contribution in [-0.4, -0.2) is 11.1 Å². The fourth-order valence-corrected chi connectivity index (χ4v) is 2.87. The van der Waals surface area contributed by atoms with E-state index in [1.165, 1.54) is 18.4 Å². The van der Waals surface area contributed by atoms with Crippen molar-refractivity contribution in [1.82, 2.24) is 0 Å². The molecule has 17 heavy (non-hydrogen) atoms. The van der Waals surface area contributed by atoms with Gasteiger partial charge in [0.2, 0.25) is 0 Å². The summed E-state index contributed by atoms with van der Waals surface area (Å²) < 4.78 is 0. The SMILES string of the molecule is CCc1ccc([C@@H](C(=O)O)C2CCCC2)cc1. The third-order valence-corrected chi connectivity index (χ3v) is 3.88. The van der Waals surface area contributed by atoms with Crippen molar-refractivity contribution < 1.29 is 9.90 Å². The molecule has 0 aliphatic heterocycles. The van der Waals surface area contributed by atoms with Gasteiger partial charge in [-0.3, -0.25) is 4.79 Å². The van der Waals surface area contributed by atoms with Crippen LogP contribution in [0.25, 0.3) is 0 Å². The second-order valence-corrected chi connectivity index (χ2v) is 4.96. The number of carboxylic acid groups (broad SMARTS) is 1. The summed E-state index contributed by atoms with van der Waals surface area (Å²) in [5.41, 5.74) is 2.24. The van der Waals surface area contributed by atoms with Crippen molar-refractivity contribution in [3.8, 4) is 0 Å². The van der Waals surface area contributed by atoms with Gasteiger partial charge in [-0.25, -0.2) is 0 Å². The molecule has 2 heteroatoms. The number of hydrogen-bond donors (Lipinski definition) is 1. The topological polar surface area (TPSA) is 37.3 Å². The van der Waals surface area contributed by atoms with Gasteiger partial charge in [0.25, 0.3) is 0 Å². The minimum absolute atomic E-state index is 0.302. The first-order chi connectivity index (χ1) is 8.22. The molecule has 0 amide bonds. The summed E-state index contributed by atoms with van der Waals surface area (Å²) >= 11 is 0. The largest absolute Gasteiger partial charge is 0.481 e. The van der Waals surface area contributed by atoms with Crippen molar-refractivity contribution in [2.75, 3.05) is 0 Å². The molecule has 1 fully saturated rings. The standard InChI is InChI=1S/C15H20O2/c1-2-11-7-9-13(10-8-11)14(15(16)17)12-5-3-4-6-12/h7-10,12,14H,2-6H2,1H3,(H,16,17)/t14-/m0/s1. The van der Waals surface area contributed by atoms with Crippen molar-refractivity contribution in [2.24, 2.45) is 5.92 Å². The number of aliphatic carboxylic acids is 1. The zero-order valence-electron chi connectivity index (χ0n) is 10.4. The Kier molecular flexibility index (Phi) is 3.82. The van der Waals surface area contributed by atoms with Crippen LogP contribution in [0.2, 0.25) is 0 Å². The van der Waals surface area contributed by atoms with Gasteiger partial charge in [-0.1, -0.05) is 44.0 Å². The molecule has 1 N–H and O–H groups in total. The Bertz CT molecular complexity index is 374. The Labute approximate surface area is 103 Å². The minimum atomic E-state index is -0.666. The summed E-state index contributed by atoms with van der Waals surface area (Å²) in [6, 6.07) is 8.10. The van der Waals surface area contributed by atoms with E-state index in [0.29, 0.717) is 5.92 Å². The van der Waals surface area contributed by atoms with E-state index in [2.05, 4.69) is 19.1 Å². The fraction of sp³-hybridized carbons (Fsp3) is 0.533. The number of benzene rings is 1. The van der Waals surface area contributed by atoms with E-state index in [1.54, 1.807) is 0 Å². The second kappa shape index (κ2) is 5.35. The molecule has 0 spiro atoms. The van der Waals surface area contributed by atoms with Gasteiger partial charge in [-0.2, -0.15) is 0 Å². The molecule has 1 aromatic rings. The Morgan fingerprint density at radius 2 is 1.88 bits per heavy atom. The molecule has 1 aliphatic rings. The summed E-state index contributed by atoms with van der Waals surface area (Å²) in [5.74, 6) is -0.635. The lowest BCUT2D eigenvalue weighted by Gasteiger charge is -2.19. The highest BCUT2D eigenvalue weighted by Crippen LogP contribution is 2.37. The van der Waals surface area contributed by atoms with Crippen LogP contribution >= 0.6 is 0 Å². The molecule has 92 valence electrons. The first-order valence-corrected chi connectivity index (χ1v) is 6.54. The predicted molar refractivity (Wildman–Crippen MR) is 68.2 cm³/mol. The average Bonchev–Trinajstić information content (AvgIpc) is 2.83. The Morgan fingerprint density at radius 3 is 2.35 bits per heavy atom. The molecular formula is C15H20O2. The van der Waals surface area contributed by atoms with Gasteiger partial charge in [0.15, 0.2) is 0 Å². The number of hydrogen-bond acceptors (Lipinski definition) is 1. The highest BCUT2D eigenvalue weighted by Gasteiger charge is 2.31. The molecule has 2 nitrogen and oxygen atoms in total. The van der Waals surface area contributed by atoms with Crippen LogP contribution in [0.5, 0.6) is 0 Å². The van der Waals surface area contributed by atoms with Gasteiger partial charge in [0.1, 0.15) is 0 Å². The van der Waals surface area contributed by atoms with Crippen molar-refractivity contribution in [1.29, 1.82) is 0 Å². The molecule has 1 aromatic carbocycles. The molecule has 0 saturated heterocycles. The predicted octanol–water partition coefficient (Wildman–Crippen LogP) is 3.61. The van der Waals surface area contributed by atoms with Crippen LogP contribution in [0.3, 0.4) is 0 Å². The van der Waals surface area contributed by atoms with Gasteiger partial charge < -0.3 is 5.11 Å². The number of aryl methyl sites for hydroxylation is 1. The number of carboxylic acids is 1. The van der Waals surface area contributed by atoms with E-state index < -0.39 is 5.97 Å². The van der Waals surface area contributed by atoms with Crippen molar-refractivity contribution >= 4 is 5.97 Å². The minimum Gasteiger partial charge on any atom is -0.481 e. The van der Waals surface area contributed by atoms with Crippen LogP contribution in [0.4, 0.5) is 0 Å². The van der Waals surface area contributed by atoms with Gasteiger partial charge in [-0.15, -0.1) is 0 Å². The third kappa shape index (κ3) is 2.68. The summed E-state index contributed by atoms with van der Waals surface area (Å²) in [5, 5.41) is 9.41. The van der Waals surface area contributed by atoms with Gasteiger partial charge in [0, 0.05) is 0 Å². The second-order valence-electron chi connectivity index (χ2n) is 4.96. The molecule has 0 heterocycles. The molecule has 0 bridgehead atoms. The lowest BCUT2D eigenvalue weighted by molar-refractivity contribution is -0.140. The fourth-order valence-electron chi connectivity index (χ4n) is 2.87. The highest BCUT2D eigenvalue weighted by atomic mass is 16.4. The van der Waals surface area contributed by atoms with Crippen molar-refractivity contribution in [3.63, 3.8) is 0 Å². The zero-order valence-corrected chi connectivity index (χ0v) is 10.4. The lowest BCUT2D eigenvalue weighted by Crippen LogP contribution is -2.19. The van der Waals surface area contributed by atoms with E-state index in [1.807, 2.05) is 12.1 Å². The van der Waals surface area contributed by atoms with Crippen molar-refractivity contribution in [3.05, 3.63) is 35.4 Å². The van der Waals surface area contributed by atoms with Gasteiger partial charge in [0.05, 0.1) is 5.92 Å². The normalized spacial score (nSPS) is 18.2. The quantitative estimate of drug-likeness (QED) is 0.861. The molecular weight excluding hydrogens is 212 g/mol. The van der Waals surface area contributed by atoms with Crippen LogP contribution in [0, 0.1) is 5.92 Å². The lowest BCUT2D eigenvalue weighted by atomic mass is 9.84. The summed E-state index contributed by atoms with van der Waals surface area (Å²) in [6.45, 7) is 2.11. The van der Waals surface area contributed by atoms with Gasteiger partial charge in [-0.05, 0) is 36.3 Å². The summed E-state index contributed by atoms with van der Waals surface area (Å²) in [7, 11) is 0.